The molecule has 3 rings (SSSR count). The predicted molar refractivity (Wildman–Crippen MR) is 80.8 cm³/mol. The summed E-state index contributed by atoms with van der Waals surface area (Å²) < 4.78 is 0. The lowest BCUT2D eigenvalue weighted by molar-refractivity contribution is -0.761. The summed E-state index contributed by atoms with van der Waals surface area (Å²) in [4.78, 5) is 14.6. The molecule has 1 aromatic carbocycles. The van der Waals surface area contributed by atoms with Crippen molar-refractivity contribution in [3.63, 3.8) is 0 Å². The zero-order chi connectivity index (χ0) is 14.1. The smallest absolute Gasteiger partial charge is 0.211 e. The van der Waals surface area contributed by atoms with Gasteiger partial charge in [-0.2, -0.15) is 0 Å². The van der Waals surface area contributed by atoms with E-state index in [0.717, 1.165) is 5.57 Å². The van der Waals surface area contributed by atoms with Gasteiger partial charge in [-0.3, -0.25) is 14.6 Å². The van der Waals surface area contributed by atoms with Gasteiger partial charge in [-0.15, -0.1) is 0 Å². The van der Waals surface area contributed by atoms with Crippen LogP contribution in [0.2, 0.25) is 0 Å². The zero-order valence-electron chi connectivity index (χ0n) is 11.6. The van der Waals surface area contributed by atoms with Crippen molar-refractivity contribution >= 4 is 17.2 Å². The molecule has 1 aliphatic heterocycles. The molecular weight excluding hydrogens is 248 g/mol. The number of carbonyl (C=O) groups excluding carboxylic acids is 1. The average Bonchev–Trinajstić information content (AvgIpc) is 2.71. The van der Waals surface area contributed by atoms with Gasteiger partial charge in [0, 0.05) is 19.2 Å². The van der Waals surface area contributed by atoms with E-state index in [1.807, 2.05) is 18.2 Å². The van der Waals surface area contributed by atoms with Crippen LogP contribution in [0, 0.1) is 0 Å². The zero-order valence-corrected chi connectivity index (χ0v) is 11.6. The van der Waals surface area contributed by atoms with Gasteiger partial charge in [0.1, 0.15) is 5.69 Å². The number of nitrogens with zero attached hydrogens (tertiary/aromatic N) is 1. The molecule has 1 aromatic rings. The highest BCUT2D eigenvalue weighted by atomic mass is 16.1. The number of ketones is 1. The molecule has 1 aliphatic carbocycles. The summed E-state index contributed by atoms with van der Waals surface area (Å²) in [5.41, 5.74) is 3.55. The highest BCUT2D eigenvalue weighted by Crippen LogP contribution is 2.28. The number of quaternary nitrogens is 1. The van der Waals surface area contributed by atoms with E-state index in [2.05, 4.69) is 49.3 Å². The second-order valence-electron chi connectivity index (χ2n) is 4.99. The number of hydrogen-bond acceptors (Lipinski definition) is 2. The van der Waals surface area contributed by atoms with Crippen molar-refractivity contribution in [2.24, 2.45) is 0 Å². The lowest BCUT2D eigenvalue weighted by Gasteiger charge is -2.12. The van der Waals surface area contributed by atoms with E-state index in [1.54, 1.807) is 12.2 Å². The van der Waals surface area contributed by atoms with Crippen LogP contribution in [0.5, 0.6) is 0 Å². The Bertz CT molecular complexity index is 631. The Morgan fingerprint density at radius 1 is 1.05 bits per heavy atom. The standard InChI is InChI=1S/C17H16N2O/c1-18-15-5-3-4-6-16(15)19(2)17(18)12-9-13-7-10-14(20)11-8-13/h3-12H,1-2H3/p+1. The SMILES string of the molecule is CN1C(=CC=C2C=CC(=O)C=C2)[NH+](C)c2ccccc21. The number of carbonyl (C=O) groups is 1. The first-order valence-corrected chi connectivity index (χ1v) is 6.66. The number of hydrogen-bond donors (Lipinski definition) is 1. The molecule has 1 N–H and O–H groups in total. The van der Waals surface area contributed by atoms with Crippen molar-refractivity contribution in [3.05, 3.63) is 72.1 Å². The maximum Gasteiger partial charge on any atom is 0.211 e. The van der Waals surface area contributed by atoms with Crippen LogP contribution in [-0.2, 0) is 4.79 Å². The first-order chi connectivity index (χ1) is 9.66. The van der Waals surface area contributed by atoms with Gasteiger partial charge in [0.15, 0.2) is 11.5 Å². The number of fused-ring (bicyclic) bond motifs is 1. The van der Waals surface area contributed by atoms with Gasteiger partial charge in [0.05, 0.1) is 7.05 Å². The molecule has 0 saturated heterocycles. The lowest BCUT2D eigenvalue weighted by Crippen LogP contribution is -3.01. The summed E-state index contributed by atoms with van der Waals surface area (Å²) in [7, 11) is 4.22. The van der Waals surface area contributed by atoms with E-state index < -0.39 is 0 Å². The maximum absolute atomic E-state index is 11.1. The molecule has 3 nitrogen and oxygen atoms in total. The number of anilines is 1. The summed E-state index contributed by atoms with van der Waals surface area (Å²) in [5.74, 6) is 1.24. The molecule has 100 valence electrons. The molecule has 2 aliphatic rings. The Labute approximate surface area is 118 Å². The van der Waals surface area contributed by atoms with Gasteiger partial charge in [-0.1, -0.05) is 24.3 Å². The molecule has 3 heteroatoms. The highest BCUT2D eigenvalue weighted by Gasteiger charge is 2.30. The molecular formula is C17H17N2O+. The van der Waals surface area contributed by atoms with Crippen LogP contribution in [0.4, 0.5) is 11.4 Å². The van der Waals surface area contributed by atoms with Crippen molar-refractivity contribution in [2.45, 2.75) is 0 Å². The van der Waals surface area contributed by atoms with Crippen LogP contribution in [0.1, 0.15) is 0 Å². The third kappa shape index (κ3) is 2.12. The maximum atomic E-state index is 11.1. The fraction of sp³-hybridized carbons (Fsp3) is 0.118. The number of allylic oxidation sites excluding steroid dienone is 7. The van der Waals surface area contributed by atoms with Gasteiger partial charge in [-0.05, 0) is 29.9 Å². The van der Waals surface area contributed by atoms with Crippen molar-refractivity contribution < 1.29 is 9.69 Å². The van der Waals surface area contributed by atoms with Crippen LogP contribution in [0.25, 0.3) is 0 Å². The number of benzene rings is 1. The van der Waals surface area contributed by atoms with E-state index in [4.69, 9.17) is 0 Å². The van der Waals surface area contributed by atoms with Crippen LogP contribution in [0.15, 0.2) is 72.1 Å². The second-order valence-corrected chi connectivity index (χ2v) is 4.99. The topological polar surface area (TPSA) is 24.8 Å². The number of para-hydroxylation sites is 2. The normalized spacial score (nSPS) is 22.6. The van der Waals surface area contributed by atoms with Crippen molar-refractivity contribution in [1.82, 2.24) is 0 Å². The minimum atomic E-state index is 0.0444. The molecule has 0 amide bonds. The largest absolute Gasteiger partial charge is 0.295 e. The van der Waals surface area contributed by atoms with Gasteiger partial charge < -0.3 is 0 Å². The monoisotopic (exact) mass is 265 g/mol. The molecule has 0 aromatic heterocycles. The van der Waals surface area contributed by atoms with E-state index in [9.17, 15) is 4.79 Å². The third-order valence-corrected chi connectivity index (χ3v) is 3.73. The minimum absolute atomic E-state index is 0.0444. The molecule has 0 spiro atoms. The third-order valence-electron chi connectivity index (χ3n) is 3.73. The Balaban J connectivity index is 1.91. The fourth-order valence-electron chi connectivity index (χ4n) is 2.59. The van der Waals surface area contributed by atoms with Gasteiger partial charge >= 0.3 is 0 Å². The number of nitrogens with one attached hydrogen (secondary N) is 1. The van der Waals surface area contributed by atoms with Crippen LogP contribution >= 0.6 is 0 Å². The Kier molecular flexibility index (Phi) is 3.12. The summed E-state index contributed by atoms with van der Waals surface area (Å²) in [6.45, 7) is 0. The van der Waals surface area contributed by atoms with Crippen LogP contribution in [0.3, 0.4) is 0 Å². The molecule has 1 heterocycles. The first kappa shape index (κ1) is 12.6. The van der Waals surface area contributed by atoms with E-state index in [-0.39, 0.29) is 5.78 Å². The first-order valence-electron chi connectivity index (χ1n) is 6.66. The molecule has 1 unspecified atom stereocenters. The van der Waals surface area contributed by atoms with E-state index >= 15 is 0 Å². The van der Waals surface area contributed by atoms with Crippen LogP contribution < -0.4 is 9.80 Å². The highest BCUT2D eigenvalue weighted by molar-refractivity contribution is 6.01. The van der Waals surface area contributed by atoms with Crippen molar-refractivity contribution in [2.75, 3.05) is 19.0 Å². The second kappa shape index (κ2) is 4.94. The predicted octanol–water partition coefficient (Wildman–Crippen LogP) is 1.75. The van der Waals surface area contributed by atoms with E-state index in [1.165, 1.54) is 22.1 Å². The van der Waals surface area contributed by atoms with E-state index in [0.29, 0.717) is 0 Å². The summed E-state index contributed by atoms with van der Waals surface area (Å²) in [5, 5.41) is 0. The van der Waals surface area contributed by atoms with Crippen LogP contribution in [-0.4, -0.2) is 19.9 Å². The van der Waals surface area contributed by atoms with Crippen molar-refractivity contribution in [3.8, 4) is 0 Å². The molecule has 0 bridgehead atoms. The summed E-state index contributed by atoms with van der Waals surface area (Å²) >= 11 is 0. The molecule has 0 saturated carbocycles. The van der Waals surface area contributed by atoms with Crippen molar-refractivity contribution in [1.29, 1.82) is 0 Å². The Morgan fingerprint density at radius 2 is 1.75 bits per heavy atom. The Hall–Kier alpha value is -2.39. The molecule has 0 fully saturated rings. The summed E-state index contributed by atoms with van der Waals surface area (Å²) in [6, 6.07) is 8.40. The molecule has 20 heavy (non-hydrogen) atoms. The molecule has 1 atom stereocenters. The lowest BCUT2D eigenvalue weighted by atomic mass is 10.1. The van der Waals surface area contributed by atoms with Gasteiger partial charge in [-0.25, -0.2) is 0 Å². The summed E-state index contributed by atoms with van der Waals surface area (Å²) in [6.07, 6.45) is 11.0. The number of rotatable bonds is 1. The fourth-order valence-corrected chi connectivity index (χ4v) is 2.59. The quantitative estimate of drug-likeness (QED) is 0.836. The van der Waals surface area contributed by atoms with Gasteiger partial charge in [0.2, 0.25) is 5.82 Å². The minimum Gasteiger partial charge on any atom is -0.295 e. The average molecular weight is 265 g/mol. The van der Waals surface area contributed by atoms with Gasteiger partial charge in [0.25, 0.3) is 0 Å². The Morgan fingerprint density at radius 3 is 2.45 bits per heavy atom. The molecule has 0 radical (unpaired) electrons.